The highest BCUT2D eigenvalue weighted by atomic mass is 16.5. The third kappa shape index (κ3) is 3.39. The standard InChI is InChI=1S/C13H18O2/c1-4-12-9-11(6-5-10(2)14)7-8-13(12)15-3/h7-9H,4-6H2,1-3H3. The summed E-state index contributed by atoms with van der Waals surface area (Å²) in [5.74, 6) is 1.17. The van der Waals surface area contributed by atoms with Crippen LogP contribution in [-0.4, -0.2) is 12.9 Å². The van der Waals surface area contributed by atoms with Gasteiger partial charge in [0.25, 0.3) is 0 Å². The first-order valence-corrected chi connectivity index (χ1v) is 5.32. The van der Waals surface area contributed by atoms with Crippen LogP contribution in [0, 0.1) is 0 Å². The lowest BCUT2D eigenvalue weighted by Gasteiger charge is -2.08. The van der Waals surface area contributed by atoms with E-state index in [9.17, 15) is 4.79 Å². The van der Waals surface area contributed by atoms with Gasteiger partial charge >= 0.3 is 0 Å². The van der Waals surface area contributed by atoms with Gasteiger partial charge in [0, 0.05) is 6.42 Å². The summed E-state index contributed by atoms with van der Waals surface area (Å²) in [6.07, 6.45) is 2.40. The van der Waals surface area contributed by atoms with Crippen molar-refractivity contribution in [2.45, 2.75) is 33.1 Å². The quantitative estimate of drug-likeness (QED) is 0.740. The van der Waals surface area contributed by atoms with Crippen molar-refractivity contribution in [2.75, 3.05) is 7.11 Å². The van der Waals surface area contributed by atoms with Crippen molar-refractivity contribution in [1.29, 1.82) is 0 Å². The Morgan fingerprint density at radius 2 is 2.13 bits per heavy atom. The topological polar surface area (TPSA) is 26.3 Å². The van der Waals surface area contributed by atoms with Crippen LogP contribution in [0.3, 0.4) is 0 Å². The van der Waals surface area contributed by atoms with Crippen LogP contribution in [0.4, 0.5) is 0 Å². The van der Waals surface area contributed by atoms with Gasteiger partial charge in [0.2, 0.25) is 0 Å². The van der Waals surface area contributed by atoms with Crippen molar-refractivity contribution >= 4 is 5.78 Å². The number of hydrogen-bond donors (Lipinski definition) is 0. The van der Waals surface area contributed by atoms with Crippen LogP contribution >= 0.6 is 0 Å². The van der Waals surface area contributed by atoms with Gasteiger partial charge in [0.1, 0.15) is 11.5 Å². The molecule has 0 aromatic heterocycles. The van der Waals surface area contributed by atoms with E-state index < -0.39 is 0 Å². The van der Waals surface area contributed by atoms with Crippen LogP contribution in [0.1, 0.15) is 31.4 Å². The van der Waals surface area contributed by atoms with E-state index in [1.165, 1.54) is 11.1 Å². The number of carbonyl (C=O) groups excluding carboxylic acids is 1. The second-order valence-corrected chi connectivity index (χ2v) is 3.70. The number of Topliss-reactive ketones (excluding diaryl/α,β-unsaturated/α-hetero) is 1. The fourth-order valence-electron chi connectivity index (χ4n) is 1.58. The molecule has 0 aliphatic carbocycles. The Morgan fingerprint density at radius 3 is 2.67 bits per heavy atom. The monoisotopic (exact) mass is 206 g/mol. The van der Waals surface area contributed by atoms with E-state index >= 15 is 0 Å². The van der Waals surface area contributed by atoms with Gasteiger partial charge < -0.3 is 9.53 Å². The zero-order valence-corrected chi connectivity index (χ0v) is 9.67. The van der Waals surface area contributed by atoms with E-state index in [1.807, 2.05) is 12.1 Å². The number of ether oxygens (including phenoxy) is 1. The van der Waals surface area contributed by atoms with Crippen molar-refractivity contribution in [3.63, 3.8) is 0 Å². The minimum Gasteiger partial charge on any atom is -0.496 e. The maximum absolute atomic E-state index is 10.9. The molecule has 1 aromatic carbocycles. The molecule has 0 saturated carbocycles. The first kappa shape index (κ1) is 11.8. The lowest BCUT2D eigenvalue weighted by Crippen LogP contribution is -1.96. The van der Waals surface area contributed by atoms with Crippen LogP contribution in [0.15, 0.2) is 18.2 Å². The maximum Gasteiger partial charge on any atom is 0.130 e. The Kier molecular flexibility index (Phi) is 4.35. The number of rotatable bonds is 5. The SMILES string of the molecule is CCc1cc(CCC(C)=O)ccc1OC. The Balaban J connectivity index is 2.78. The normalized spacial score (nSPS) is 10.1. The molecule has 0 spiro atoms. The summed E-state index contributed by atoms with van der Waals surface area (Å²) in [5, 5.41) is 0. The van der Waals surface area contributed by atoms with E-state index in [1.54, 1.807) is 14.0 Å². The van der Waals surface area contributed by atoms with Gasteiger partial charge in [-0.1, -0.05) is 19.1 Å². The van der Waals surface area contributed by atoms with Crippen molar-refractivity contribution in [2.24, 2.45) is 0 Å². The molecule has 0 amide bonds. The maximum atomic E-state index is 10.9. The highest BCUT2D eigenvalue weighted by molar-refractivity contribution is 5.75. The van der Waals surface area contributed by atoms with Crippen LogP contribution in [-0.2, 0) is 17.6 Å². The van der Waals surface area contributed by atoms with Gasteiger partial charge in [-0.2, -0.15) is 0 Å². The Hall–Kier alpha value is -1.31. The smallest absolute Gasteiger partial charge is 0.130 e. The average molecular weight is 206 g/mol. The zero-order valence-electron chi connectivity index (χ0n) is 9.67. The van der Waals surface area contributed by atoms with Crippen LogP contribution in [0.25, 0.3) is 0 Å². The summed E-state index contributed by atoms with van der Waals surface area (Å²) >= 11 is 0. The number of hydrogen-bond acceptors (Lipinski definition) is 2. The van der Waals surface area contributed by atoms with Gasteiger partial charge in [-0.25, -0.2) is 0 Å². The molecule has 2 heteroatoms. The van der Waals surface area contributed by atoms with E-state index in [0.717, 1.165) is 18.6 Å². The highest BCUT2D eigenvalue weighted by Gasteiger charge is 2.03. The van der Waals surface area contributed by atoms with E-state index in [0.29, 0.717) is 6.42 Å². The number of aryl methyl sites for hydroxylation is 2. The molecule has 1 rings (SSSR count). The average Bonchev–Trinajstić information content (AvgIpc) is 2.25. The molecule has 0 atom stereocenters. The fourth-order valence-corrected chi connectivity index (χ4v) is 1.58. The summed E-state index contributed by atoms with van der Waals surface area (Å²) in [6, 6.07) is 6.14. The number of ketones is 1. The minimum absolute atomic E-state index is 0.240. The molecule has 1 aromatic rings. The van der Waals surface area contributed by atoms with Crippen LogP contribution in [0.2, 0.25) is 0 Å². The summed E-state index contributed by atoms with van der Waals surface area (Å²) in [7, 11) is 1.68. The third-order valence-electron chi connectivity index (χ3n) is 2.49. The summed E-state index contributed by atoms with van der Waals surface area (Å²) < 4.78 is 5.25. The van der Waals surface area contributed by atoms with Gasteiger partial charge in [-0.3, -0.25) is 0 Å². The predicted molar refractivity (Wildman–Crippen MR) is 61.4 cm³/mol. The Labute approximate surface area is 91.3 Å². The van der Waals surface area contributed by atoms with Gasteiger partial charge in [0.05, 0.1) is 7.11 Å². The predicted octanol–water partition coefficient (Wildman–Crippen LogP) is 2.78. The molecular weight excluding hydrogens is 188 g/mol. The molecule has 0 bridgehead atoms. The molecule has 15 heavy (non-hydrogen) atoms. The molecule has 82 valence electrons. The summed E-state index contributed by atoms with van der Waals surface area (Å²) in [5.41, 5.74) is 2.42. The van der Waals surface area contributed by atoms with E-state index in [2.05, 4.69) is 13.0 Å². The van der Waals surface area contributed by atoms with Crippen molar-refractivity contribution in [3.05, 3.63) is 29.3 Å². The molecule has 0 aliphatic rings. The number of benzene rings is 1. The molecule has 0 N–H and O–H groups in total. The third-order valence-corrected chi connectivity index (χ3v) is 2.49. The Bertz CT molecular complexity index is 342. The fraction of sp³-hybridized carbons (Fsp3) is 0.462. The summed E-state index contributed by atoms with van der Waals surface area (Å²) in [4.78, 5) is 10.9. The first-order valence-electron chi connectivity index (χ1n) is 5.32. The van der Waals surface area contributed by atoms with Crippen molar-refractivity contribution < 1.29 is 9.53 Å². The Morgan fingerprint density at radius 1 is 1.40 bits per heavy atom. The van der Waals surface area contributed by atoms with Crippen LogP contribution in [0.5, 0.6) is 5.75 Å². The van der Waals surface area contributed by atoms with Crippen LogP contribution < -0.4 is 4.74 Å². The van der Waals surface area contributed by atoms with Crippen molar-refractivity contribution in [3.8, 4) is 5.75 Å². The van der Waals surface area contributed by atoms with Gasteiger partial charge in [-0.15, -0.1) is 0 Å². The van der Waals surface area contributed by atoms with Gasteiger partial charge in [-0.05, 0) is 37.0 Å². The van der Waals surface area contributed by atoms with Gasteiger partial charge in [0.15, 0.2) is 0 Å². The lowest BCUT2D eigenvalue weighted by atomic mass is 10.0. The second-order valence-electron chi connectivity index (χ2n) is 3.70. The zero-order chi connectivity index (χ0) is 11.3. The molecule has 0 heterocycles. The van der Waals surface area contributed by atoms with E-state index in [4.69, 9.17) is 4.74 Å². The van der Waals surface area contributed by atoms with E-state index in [-0.39, 0.29) is 5.78 Å². The second kappa shape index (κ2) is 5.54. The highest BCUT2D eigenvalue weighted by Crippen LogP contribution is 2.20. The minimum atomic E-state index is 0.240. The van der Waals surface area contributed by atoms with Crippen molar-refractivity contribution in [1.82, 2.24) is 0 Å². The molecule has 0 aliphatic heterocycles. The molecule has 2 nitrogen and oxygen atoms in total. The number of methoxy groups -OCH3 is 1. The molecule has 0 fully saturated rings. The molecule has 0 saturated heterocycles. The largest absolute Gasteiger partial charge is 0.496 e. The number of carbonyl (C=O) groups is 1. The molecule has 0 radical (unpaired) electrons. The lowest BCUT2D eigenvalue weighted by molar-refractivity contribution is -0.116. The molecule has 0 unspecified atom stereocenters. The summed E-state index contributed by atoms with van der Waals surface area (Å²) in [6.45, 7) is 3.73. The molecular formula is C13H18O2. The first-order chi connectivity index (χ1) is 7.17.